The minimum atomic E-state index is -0.150. The van der Waals surface area contributed by atoms with Crippen LogP contribution in [0.5, 0.6) is 11.5 Å². The van der Waals surface area contributed by atoms with Gasteiger partial charge in [0.15, 0.2) is 0 Å². The Hall–Kier alpha value is -2.24. The van der Waals surface area contributed by atoms with Gasteiger partial charge in [-0.2, -0.15) is 0 Å². The smallest absolute Gasteiger partial charge is 0.239 e. The lowest BCUT2D eigenvalue weighted by atomic mass is 10.1. The first-order valence-electron chi connectivity index (χ1n) is 8.56. The van der Waals surface area contributed by atoms with Gasteiger partial charge in [0.1, 0.15) is 17.6 Å². The van der Waals surface area contributed by atoms with Crippen molar-refractivity contribution in [2.45, 2.75) is 45.8 Å². The number of likely N-dealkylation sites (tertiary alicyclic amines) is 1. The number of nitrogens with one attached hydrogen (secondary N) is 1. The summed E-state index contributed by atoms with van der Waals surface area (Å²) in [5.41, 5.74) is 2.04. The fourth-order valence-corrected chi connectivity index (χ4v) is 3.20. The minimum absolute atomic E-state index is 0.0556. The van der Waals surface area contributed by atoms with E-state index in [0.717, 1.165) is 35.5 Å². The number of rotatable bonds is 6. The maximum Gasteiger partial charge on any atom is 0.239 e. The number of amides is 2. The van der Waals surface area contributed by atoms with Crippen LogP contribution in [-0.4, -0.2) is 42.5 Å². The van der Waals surface area contributed by atoms with Crippen molar-refractivity contribution in [1.82, 2.24) is 10.2 Å². The number of hydrogen-bond acceptors (Lipinski definition) is 4. The van der Waals surface area contributed by atoms with Gasteiger partial charge in [-0.1, -0.05) is 0 Å². The molecule has 1 aromatic carbocycles. The van der Waals surface area contributed by atoms with Crippen molar-refractivity contribution in [3.63, 3.8) is 0 Å². The predicted octanol–water partition coefficient (Wildman–Crippen LogP) is 1.65. The summed E-state index contributed by atoms with van der Waals surface area (Å²) < 4.78 is 11.5. The van der Waals surface area contributed by atoms with Gasteiger partial charge in [-0.15, -0.1) is 0 Å². The molecule has 2 aliphatic heterocycles. The molecule has 0 aliphatic carbocycles. The zero-order valence-corrected chi connectivity index (χ0v) is 14.3. The Morgan fingerprint density at radius 3 is 3.00 bits per heavy atom. The Balaban J connectivity index is 1.64. The maximum absolute atomic E-state index is 12.1. The van der Waals surface area contributed by atoms with Crippen molar-refractivity contribution in [3.8, 4) is 11.5 Å². The highest BCUT2D eigenvalue weighted by Crippen LogP contribution is 2.35. The molecule has 0 saturated carbocycles. The molecular formula is C18H24N2O4. The van der Waals surface area contributed by atoms with Crippen LogP contribution in [0.25, 0.3) is 0 Å². The zero-order chi connectivity index (χ0) is 17.1. The number of carbonyl (C=O) groups excluding carboxylic acids is 2. The minimum Gasteiger partial charge on any atom is -0.494 e. The van der Waals surface area contributed by atoms with Crippen LogP contribution in [0.15, 0.2) is 12.1 Å². The lowest BCUT2D eigenvalue weighted by Crippen LogP contribution is -2.37. The first-order valence-corrected chi connectivity index (χ1v) is 8.56. The standard InChI is InChI=1S/C18H24N2O4/c1-3-23-15-8-13-7-12(2)24-16(13)9-14(15)10-19-17(21)11-20-6-4-5-18(20)22/h8-9,12H,3-7,10-11H2,1-2H3,(H,19,21)/t12-/m0/s1. The fraction of sp³-hybridized carbons (Fsp3) is 0.556. The molecule has 0 bridgehead atoms. The van der Waals surface area contributed by atoms with Crippen LogP contribution in [0, 0.1) is 0 Å². The van der Waals surface area contributed by atoms with Gasteiger partial charge < -0.3 is 19.7 Å². The van der Waals surface area contributed by atoms with Crippen LogP contribution >= 0.6 is 0 Å². The third-order valence-electron chi connectivity index (χ3n) is 4.36. The molecule has 2 heterocycles. The number of hydrogen-bond donors (Lipinski definition) is 1. The Morgan fingerprint density at radius 2 is 2.29 bits per heavy atom. The molecular weight excluding hydrogens is 308 g/mol. The van der Waals surface area contributed by atoms with Crippen LogP contribution in [0.1, 0.15) is 37.8 Å². The van der Waals surface area contributed by atoms with Crippen molar-refractivity contribution in [1.29, 1.82) is 0 Å². The maximum atomic E-state index is 12.1. The number of benzene rings is 1. The van der Waals surface area contributed by atoms with E-state index in [-0.39, 0.29) is 24.5 Å². The molecule has 0 spiro atoms. The average Bonchev–Trinajstić information content (AvgIpc) is 3.10. The van der Waals surface area contributed by atoms with E-state index in [0.29, 0.717) is 26.1 Å². The summed E-state index contributed by atoms with van der Waals surface area (Å²) in [6.45, 7) is 5.70. The highest BCUT2D eigenvalue weighted by molar-refractivity contribution is 5.85. The van der Waals surface area contributed by atoms with Gasteiger partial charge in [0.05, 0.1) is 13.2 Å². The normalized spacial score (nSPS) is 19.2. The summed E-state index contributed by atoms with van der Waals surface area (Å²) in [6.07, 6.45) is 2.42. The van der Waals surface area contributed by atoms with E-state index in [1.807, 2.05) is 26.0 Å². The third kappa shape index (κ3) is 3.63. The van der Waals surface area contributed by atoms with Gasteiger partial charge in [0.25, 0.3) is 0 Å². The van der Waals surface area contributed by atoms with Crippen LogP contribution in [0.3, 0.4) is 0 Å². The monoisotopic (exact) mass is 332 g/mol. The van der Waals surface area contributed by atoms with Crippen molar-refractivity contribution in [2.24, 2.45) is 0 Å². The van der Waals surface area contributed by atoms with Gasteiger partial charge in [-0.3, -0.25) is 9.59 Å². The highest BCUT2D eigenvalue weighted by Gasteiger charge is 2.24. The van der Waals surface area contributed by atoms with Gasteiger partial charge in [0.2, 0.25) is 11.8 Å². The molecule has 2 aliphatic rings. The summed E-state index contributed by atoms with van der Waals surface area (Å²) >= 11 is 0. The van der Waals surface area contributed by atoms with Crippen molar-refractivity contribution < 1.29 is 19.1 Å². The molecule has 130 valence electrons. The molecule has 24 heavy (non-hydrogen) atoms. The van der Waals surface area contributed by atoms with E-state index >= 15 is 0 Å². The zero-order valence-electron chi connectivity index (χ0n) is 14.3. The first kappa shape index (κ1) is 16.6. The van der Waals surface area contributed by atoms with Crippen molar-refractivity contribution in [3.05, 3.63) is 23.3 Å². The largest absolute Gasteiger partial charge is 0.494 e. The summed E-state index contributed by atoms with van der Waals surface area (Å²) in [5.74, 6) is 1.55. The quantitative estimate of drug-likeness (QED) is 0.860. The topological polar surface area (TPSA) is 67.9 Å². The van der Waals surface area contributed by atoms with E-state index in [2.05, 4.69) is 5.32 Å². The van der Waals surface area contributed by atoms with Crippen molar-refractivity contribution >= 4 is 11.8 Å². The molecule has 2 amide bonds. The lowest BCUT2D eigenvalue weighted by molar-refractivity contribution is -0.133. The lowest BCUT2D eigenvalue weighted by Gasteiger charge is -2.16. The SMILES string of the molecule is CCOc1cc2c(cc1CNC(=O)CN1CCCC1=O)O[C@@H](C)C2. The van der Waals surface area contributed by atoms with Crippen LogP contribution in [-0.2, 0) is 22.6 Å². The summed E-state index contributed by atoms with van der Waals surface area (Å²) in [7, 11) is 0. The second kappa shape index (κ2) is 7.11. The fourth-order valence-electron chi connectivity index (χ4n) is 3.20. The Morgan fingerprint density at radius 1 is 1.46 bits per heavy atom. The van der Waals surface area contributed by atoms with Gasteiger partial charge >= 0.3 is 0 Å². The third-order valence-corrected chi connectivity index (χ3v) is 4.36. The number of nitrogens with zero attached hydrogens (tertiary/aromatic N) is 1. The van der Waals surface area contributed by atoms with E-state index in [1.54, 1.807) is 4.90 Å². The second-order valence-electron chi connectivity index (χ2n) is 6.33. The molecule has 1 fully saturated rings. The number of carbonyl (C=O) groups is 2. The molecule has 1 atom stereocenters. The average molecular weight is 332 g/mol. The van der Waals surface area contributed by atoms with Crippen LogP contribution in [0.4, 0.5) is 0 Å². The summed E-state index contributed by atoms with van der Waals surface area (Å²) in [6, 6.07) is 3.96. The molecule has 6 heteroatoms. The van der Waals surface area contributed by atoms with E-state index < -0.39 is 0 Å². The summed E-state index contributed by atoms with van der Waals surface area (Å²) in [4.78, 5) is 25.3. The van der Waals surface area contributed by atoms with Gasteiger partial charge in [0, 0.05) is 37.1 Å². The van der Waals surface area contributed by atoms with E-state index in [1.165, 1.54) is 0 Å². The van der Waals surface area contributed by atoms with E-state index in [9.17, 15) is 9.59 Å². The second-order valence-corrected chi connectivity index (χ2v) is 6.33. The molecule has 6 nitrogen and oxygen atoms in total. The van der Waals surface area contributed by atoms with Crippen LogP contribution < -0.4 is 14.8 Å². The number of ether oxygens (including phenoxy) is 2. The molecule has 1 saturated heterocycles. The first-order chi connectivity index (χ1) is 11.6. The molecule has 0 radical (unpaired) electrons. The summed E-state index contributed by atoms with van der Waals surface area (Å²) in [5, 5.41) is 2.88. The predicted molar refractivity (Wildman–Crippen MR) is 89.1 cm³/mol. The Labute approximate surface area is 142 Å². The van der Waals surface area contributed by atoms with Gasteiger partial charge in [-0.05, 0) is 32.4 Å². The Bertz CT molecular complexity index is 644. The Kier molecular flexibility index (Phi) is 4.92. The molecule has 0 unspecified atom stereocenters. The van der Waals surface area contributed by atoms with Crippen molar-refractivity contribution in [2.75, 3.05) is 19.7 Å². The van der Waals surface area contributed by atoms with Crippen LogP contribution in [0.2, 0.25) is 0 Å². The molecule has 3 rings (SSSR count). The van der Waals surface area contributed by atoms with E-state index in [4.69, 9.17) is 9.47 Å². The molecule has 1 N–H and O–H groups in total. The number of fused-ring (bicyclic) bond motifs is 1. The molecule has 0 aromatic heterocycles. The molecule has 1 aromatic rings. The highest BCUT2D eigenvalue weighted by atomic mass is 16.5. The van der Waals surface area contributed by atoms with Gasteiger partial charge in [-0.25, -0.2) is 0 Å².